The van der Waals surface area contributed by atoms with Crippen LogP contribution in [0.5, 0.6) is 0 Å². The summed E-state index contributed by atoms with van der Waals surface area (Å²) in [5.74, 6) is -0.454. The van der Waals surface area contributed by atoms with Gasteiger partial charge < -0.3 is 4.42 Å². The summed E-state index contributed by atoms with van der Waals surface area (Å²) in [7, 11) is -3.69. The third-order valence-corrected chi connectivity index (χ3v) is 7.56. The van der Waals surface area contributed by atoms with E-state index >= 15 is 0 Å². The normalized spacial score (nSPS) is 16.7. The zero-order valence-corrected chi connectivity index (χ0v) is 18.6. The molecule has 0 amide bonds. The van der Waals surface area contributed by atoms with Gasteiger partial charge in [0.05, 0.1) is 16.1 Å². The molecule has 1 aromatic carbocycles. The van der Waals surface area contributed by atoms with Crippen molar-refractivity contribution in [3.05, 3.63) is 56.9 Å². The summed E-state index contributed by atoms with van der Waals surface area (Å²) in [5.41, 5.74) is 1.21. The number of oxazole rings is 1. The topological polar surface area (TPSA) is 118 Å². The smallest absolute Gasteiger partial charge is 0.408 e. The molecule has 0 saturated carbocycles. The second kappa shape index (κ2) is 7.76. The minimum Gasteiger partial charge on any atom is -0.408 e. The van der Waals surface area contributed by atoms with Crippen LogP contribution < -0.4 is 11.3 Å². The van der Waals surface area contributed by atoms with E-state index in [-0.39, 0.29) is 21.8 Å². The maximum absolute atomic E-state index is 13.0. The van der Waals surface area contributed by atoms with Gasteiger partial charge in [0.25, 0.3) is 5.56 Å². The van der Waals surface area contributed by atoms with Crippen molar-refractivity contribution in [1.82, 2.24) is 19.1 Å². The lowest BCUT2D eigenvalue weighted by Gasteiger charge is -2.31. The lowest BCUT2D eigenvalue weighted by molar-refractivity contribution is 0.243. The first-order valence-electron chi connectivity index (χ1n) is 10.3. The number of hydrogen-bond acceptors (Lipinski definition) is 6. The number of piperidine rings is 1. The van der Waals surface area contributed by atoms with Crippen LogP contribution in [-0.4, -0.2) is 40.6 Å². The molecular formula is C21H26N4O5S. The Balaban J connectivity index is 1.47. The summed E-state index contributed by atoms with van der Waals surface area (Å²) in [6.07, 6.45) is 1.27. The molecule has 3 aromatic rings. The standard InChI is InChI=1S/C21H26N4O5S/c1-21(2,3)18-6-7-19(26)25(23-18)13-14-8-10-24(11-9-14)31(28,29)15-4-5-17-16(12-15)22-20(27)30-17/h4-7,12,14H,8-11,13H2,1-3H3,(H,22,27). The van der Waals surface area contributed by atoms with Gasteiger partial charge in [0, 0.05) is 31.1 Å². The van der Waals surface area contributed by atoms with Crippen molar-refractivity contribution in [1.29, 1.82) is 0 Å². The van der Waals surface area contributed by atoms with E-state index in [0.29, 0.717) is 43.6 Å². The summed E-state index contributed by atoms with van der Waals surface area (Å²) >= 11 is 0. The molecule has 31 heavy (non-hydrogen) atoms. The zero-order valence-electron chi connectivity index (χ0n) is 17.8. The Morgan fingerprint density at radius 3 is 2.52 bits per heavy atom. The average molecular weight is 447 g/mol. The molecule has 0 radical (unpaired) electrons. The molecule has 4 rings (SSSR count). The first-order valence-corrected chi connectivity index (χ1v) is 11.7. The molecular weight excluding hydrogens is 420 g/mol. The SMILES string of the molecule is CC(C)(C)c1ccc(=O)n(CC2CCN(S(=O)(=O)c3ccc4oc(=O)[nH]c4c3)CC2)n1. The zero-order chi connectivity index (χ0) is 22.4. The molecule has 1 fully saturated rings. The van der Waals surface area contributed by atoms with Crippen LogP contribution in [0.25, 0.3) is 11.1 Å². The largest absolute Gasteiger partial charge is 0.417 e. The quantitative estimate of drug-likeness (QED) is 0.655. The van der Waals surface area contributed by atoms with Gasteiger partial charge in [-0.1, -0.05) is 20.8 Å². The number of nitrogens with one attached hydrogen (secondary N) is 1. The van der Waals surface area contributed by atoms with Crippen molar-refractivity contribution in [2.45, 2.75) is 50.5 Å². The Hall–Kier alpha value is -2.72. The summed E-state index contributed by atoms with van der Waals surface area (Å²) in [5, 5.41) is 4.52. The third-order valence-electron chi connectivity index (χ3n) is 5.67. The van der Waals surface area contributed by atoms with Gasteiger partial charge >= 0.3 is 5.76 Å². The highest BCUT2D eigenvalue weighted by Gasteiger charge is 2.30. The van der Waals surface area contributed by atoms with Crippen LogP contribution in [0, 0.1) is 5.92 Å². The van der Waals surface area contributed by atoms with Crippen LogP contribution in [0.2, 0.25) is 0 Å². The Morgan fingerprint density at radius 2 is 1.84 bits per heavy atom. The van der Waals surface area contributed by atoms with Crippen molar-refractivity contribution in [2.75, 3.05) is 13.1 Å². The van der Waals surface area contributed by atoms with Crippen LogP contribution in [-0.2, 0) is 22.0 Å². The lowest BCUT2D eigenvalue weighted by atomic mass is 9.92. The van der Waals surface area contributed by atoms with Gasteiger partial charge in [-0.15, -0.1) is 0 Å². The van der Waals surface area contributed by atoms with E-state index in [9.17, 15) is 18.0 Å². The number of rotatable bonds is 4. The molecule has 9 nitrogen and oxygen atoms in total. The molecule has 166 valence electrons. The Labute approximate surface area is 179 Å². The molecule has 0 atom stereocenters. The molecule has 1 aliphatic heterocycles. The van der Waals surface area contributed by atoms with E-state index in [1.54, 1.807) is 12.1 Å². The molecule has 0 aliphatic carbocycles. The first-order chi connectivity index (χ1) is 14.5. The van der Waals surface area contributed by atoms with Crippen LogP contribution in [0.3, 0.4) is 0 Å². The number of aromatic amines is 1. The number of nitrogens with zero attached hydrogens (tertiary/aromatic N) is 3. The van der Waals surface area contributed by atoms with Gasteiger partial charge in [0.1, 0.15) is 0 Å². The van der Waals surface area contributed by atoms with Gasteiger partial charge in [0.2, 0.25) is 10.0 Å². The fourth-order valence-corrected chi connectivity index (χ4v) is 5.29. The molecule has 3 heterocycles. The summed E-state index contributed by atoms with van der Waals surface area (Å²) in [6.45, 7) is 7.33. The predicted molar refractivity (Wildman–Crippen MR) is 116 cm³/mol. The van der Waals surface area contributed by atoms with Crippen LogP contribution >= 0.6 is 0 Å². The van der Waals surface area contributed by atoms with Crippen molar-refractivity contribution in [3.63, 3.8) is 0 Å². The van der Waals surface area contributed by atoms with Crippen molar-refractivity contribution >= 4 is 21.1 Å². The maximum Gasteiger partial charge on any atom is 0.417 e. The van der Waals surface area contributed by atoms with Crippen molar-refractivity contribution < 1.29 is 12.8 Å². The lowest BCUT2D eigenvalue weighted by Crippen LogP contribution is -2.40. The van der Waals surface area contributed by atoms with Gasteiger partial charge in [-0.05, 0) is 43.0 Å². The Morgan fingerprint density at radius 1 is 1.13 bits per heavy atom. The molecule has 0 spiro atoms. The van der Waals surface area contributed by atoms with Crippen LogP contribution in [0.15, 0.2) is 49.2 Å². The minimum absolute atomic E-state index is 0.117. The number of sulfonamides is 1. The highest BCUT2D eigenvalue weighted by atomic mass is 32.2. The fraction of sp³-hybridized carbons (Fsp3) is 0.476. The first kappa shape index (κ1) is 21.5. The van der Waals surface area contributed by atoms with Gasteiger partial charge in [0.15, 0.2) is 5.58 Å². The molecule has 2 aromatic heterocycles. The van der Waals surface area contributed by atoms with E-state index in [0.717, 1.165) is 5.69 Å². The number of hydrogen-bond donors (Lipinski definition) is 1. The molecule has 10 heteroatoms. The highest BCUT2D eigenvalue weighted by Crippen LogP contribution is 2.26. The van der Waals surface area contributed by atoms with E-state index in [4.69, 9.17) is 4.42 Å². The van der Waals surface area contributed by atoms with E-state index in [1.165, 1.54) is 27.2 Å². The molecule has 1 aliphatic rings. The predicted octanol–water partition coefficient (Wildman–Crippen LogP) is 2.08. The van der Waals surface area contributed by atoms with Gasteiger partial charge in [-0.2, -0.15) is 9.40 Å². The third kappa shape index (κ3) is 4.35. The van der Waals surface area contributed by atoms with E-state index in [2.05, 4.69) is 10.1 Å². The fourth-order valence-electron chi connectivity index (χ4n) is 3.80. The molecule has 1 saturated heterocycles. The Kier molecular flexibility index (Phi) is 5.38. The van der Waals surface area contributed by atoms with Crippen molar-refractivity contribution in [3.8, 4) is 0 Å². The molecule has 1 N–H and O–H groups in total. The minimum atomic E-state index is -3.69. The second-order valence-corrected chi connectivity index (χ2v) is 10.9. The monoisotopic (exact) mass is 446 g/mol. The second-order valence-electron chi connectivity index (χ2n) is 9.01. The van der Waals surface area contributed by atoms with Crippen LogP contribution in [0.4, 0.5) is 0 Å². The number of aromatic nitrogens is 3. The summed E-state index contributed by atoms with van der Waals surface area (Å²) in [4.78, 5) is 26.2. The highest BCUT2D eigenvalue weighted by molar-refractivity contribution is 7.89. The molecule has 0 bridgehead atoms. The van der Waals surface area contributed by atoms with Gasteiger partial charge in [-0.25, -0.2) is 17.9 Å². The maximum atomic E-state index is 13.0. The van der Waals surface area contributed by atoms with Crippen molar-refractivity contribution in [2.24, 2.45) is 5.92 Å². The number of H-pyrrole nitrogens is 1. The van der Waals surface area contributed by atoms with Crippen LogP contribution in [0.1, 0.15) is 39.3 Å². The van der Waals surface area contributed by atoms with Gasteiger partial charge in [-0.3, -0.25) is 9.78 Å². The molecule has 0 unspecified atom stereocenters. The summed E-state index contributed by atoms with van der Waals surface area (Å²) in [6, 6.07) is 7.65. The van der Waals surface area contributed by atoms with E-state index < -0.39 is 15.8 Å². The Bertz CT molecular complexity index is 1320. The van der Waals surface area contributed by atoms with E-state index in [1.807, 2.05) is 20.8 Å². The number of fused-ring (bicyclic) bond motifs is 1. The number of benzene rings is 1. The average Bonchev–Trinajstić information content (AvgIpc) is 3.08. The summed E-state index contributed by atoms with van der Waals surface area (Å²) < 4.78 is 34.0.